The van der Waals surface area contributed by atoms with Gasteiger partial charge in [0.1, 0.15) is 0 Å². The summed E-state index contributed by atoms with van der Waals surface area (Å²) < 4.78 is 0. The molecule has 1 nitrogen and oxygen atoms in total. The van der Waals surface area contributed by atoms with E-state index >= 15 is 0 Å². The maximum absolute atomic E-state index is 2.26. The van der Waals surface area contributed by atoms with Crippen molar-refractivity contribution in [3.8, 4) is 0 Å². The summed E-state index contributed by atoms with van der Waals surface area (Å²) in [4.78, 5) is 2.00. The van der Waals surface area contributed by atoms with Crippen LogP contribution in [0.3, 0.4) is 0 Å². The van der Waals surface area contributed by atoms with Crippen LogP contribution in [0.25, 0.3) is 0 Å². The van der Waals surface area contributed by atoms with Crippen molar-refractivity contribution in [2.24, 2.45) is 0 Å². The fourth-order valence-electron chi connectivity index (χ4n) is 1.03. The van der Waals surface area contributed by atoms with Crippen LogP contribution < -0.4 is 0 Å². The lowest BCUT2D eigenvalue weighted by Crippen LogP contribution is -1.99. The SMILES string of the molecule is CCCCCCCCC.CN(C)C. The summed E-state index contributed by atoms with van der Waals surface area (Å²) in [6.07, 6.45) is 9.97. The molecule has 13 heavy (non-hydrogen) atoms. The van der Waals surface area contributed by atoms with Crippen LogP contribution in [0.4, 0.5) is 0 Å². The molecular weight excluding hydrogens is 158 g/mol. The smallest absolute Gasteiger partial charge is 0.0140 e. The van der Waals surface area contributed by atoms with Crippen LogP contribution in [0.15, 0.2) is 0 Å². The van der Waals surface area contributed by atoms with Gasteiger partial charge in [-0.15, -0.1) is 0 Å². The van der Waals surface area contributed by atoms with Crippen molar-refractivity contribution in [2.45, 2.75) is 58.8 Å². The standard InChI is InChI=1S/C9H20.C3H9N/c1-3-5-7-9-8-6-4-2;1-4(2)3/h3-9H2,1-2H3;1-3H3. The Kier molecular flexibility index (Phi) is 17.2. The van der Waals surface area contributed by atoms with Crippen LogP contribution >= 0.6 is 0 Å². The Bertz CT molecular complexity index is 60.8. The van der Waals surface area contributed by atoms with Gasteiger partial charge in [-0.1, -0.05) is 58.8 Å². The molecule has 0 rings (SSSR count). The average molecular weight is 187 g/mol. The topological polar surface area (TPSA) is 3.24 Å². The summed E-state index contributed by atoms with van der Waals surface area (Å²) >= 11 is 0. The normalized spacial score (nSPS) is 9.69. The van der Waals surface area contributed by atoms with Gasteiger partial charge in [-0.3, -0.25) is 0 Å². The number of rotatable bonds is 6. The first-order chi connectivity index (χ1) is 6.15. The van der Waals surface area contributed by atoms with Crippen LogP contribution in [0.5, 0.6) is 0 Å². The van der Waals surface area contributed by atoms with E-state index in [0.29, 0.717) is 0 Å². The zero-order valence-corrected chi connectivity index (χ0v) is 10.4. The van der Waals surface area contributed by atoms with Crippen molar-refractivity contribution in [3.05, 3.63) is 0 Å². The molecule has 0 unspecified atom stereocenters. The Morgan fingerprint density at radius 3 is 1.08 bits per heavy atom. The number of hydrogen-bond donors (Lipinski definition) is 0. The van der Waals surface area contributed by atoms with E-state index in [-0.39, 0.29) is 0 Å². The molecule has 0 aromatic rings. The molecule has 0 saturated carbocycles. The van der Waals surface area contributed by atoms with Crippen LogP contribution in [-0.2, 0) is 0 Å². The first-order valence-corrected chi connectivity index (χ1v) is 5.76. The maximum Gasteiger partial charge on any atom is -0.0140 e. The molecule has 1 heteroatoms. The minimum atomic E-state index is 1.37. The lowest BCUT2D eigenvalue weighted by Gasteiger charge is -1.96. The monoisotopic (exact) mass is 187 g/mol. The zero-order valence-electron chi connectivity index (χ0n) is 10.4. The molecular formula is C12H29N. The summed E-state index contributed by atoms with van der Waals surface area (Å²) in [5, 5.41) is 0. The molecule has 0 N–H and O–H groups in total. The molecule has 0 spiro atoms. The summed E-state index contributed by atoms with van der Waals surface area (Å²) in [5.74, 6) is 0. The van der Waals surface area contributed by atoms with Gasteiger partial charge in [0.25, 0.3) is 0 Å². The Hall–Kier alpha value is -0.0400. The predicted octanol–water partition coefficient (Wildman–Crippen LogP) is 3.93. The molecule has 0 aliphatic rings. The van der Waals surface area contributed by atoms with Gasteiger partial charge in [0, 0.05) is 0 Å². The van der Waals surface area contributed by atoms with Crippen LogP contribution in [0.2, 0.25) is 0 Å². The van der Waals surface area contributed by atoms with E-state index in [9.17, 15) is 0 Å². The molecule has 0 saturated heterocycles. The quantitative estimate of drug-likeness (QED) is 0.569. The van der Waals surface area contributed by atoms with Gasteiger partial charge in [0.05, 0.1) is 0 Å². The third-order valence-corrected chi connectivity index (χ3v) is 1.71. The van der Waals surface area contributed by atoms with Crippen LogP contribution in [-0.4, -0.2) is 26.0 Å². The third kappa shape index (κ3) is 33.4. The molecule has 0 aliphatic carbocycles. The molecule has 0 aliphatic heterocycles. The Labute approximate surface area is 85.5 Å². The maximum atomic E-state index is 2.26. The minimum absolute atomic E-state index is 1.37. The lowest BCUT2D eigenvalue weighted by molar-refractivity contribution is 0.505. The summed E-state index contributed by atoms with van der Waals surface area (Å²) in [6.45, 7) is 4.53. The van der Waals surface area contributed by atoms with Gasteiger partial charge in [0.15, 0.2) is 0 Å². The highest BCUT2D eigenvalue weighted by Crippen LogP contribution is 2.05. The van der Waals surface area contributed by atoms with Crippen molar-refractivity contribution in [2.75, 3.05) is 21.1 Å². The third-order valence-electron chi connectivity index (χ3n) is 1.71. The summed E-state index contributed by atoms with van der Waals surface area (Å²) in [6, 6.07) is 0. The van der Waals surface area contributed by atoms with E-state index in [1.54, 1.807) is 0 Å². The second kappa shape index (κ2) is 14.5. The van der Waals surface area contributed by atoms with Crippen molar-refractivity contribution in [1.82, 2.24) is 4.90 Å². The molecule has 0 bridgehead atoms. The second-order valence-corrected chi connectivity index (χ2v) is 4.11. The Balaban J connectivity index is 0. The van der Waals surface area contributed by atoms with E-state index < -0.39 is 0 Å². The van der Waals surface area contributed by atoms with Gasteiger partial charge in [-0.05, 0) is 21.1 Å². The van der Waals surface area contributed by atoms with E-state index in [2.05, 4.69) is 13.8 Å². The van der Waals surface area contributed by atoms with Gasteiger partial charge in [0.2, 0.25) is 0 Å². The van der Waals surface area contributed by atoms with Crippen molar-refractivity contribution >= 4 is 0 Å². The van der Waals surface area contributed by atoms with Crippen molar-refractivity contribution < 1.29 is 0 Å². The second-order valence-electron chi connectivity index (χ2n) is 4.11. The number of unbranched alkanes of at least 4 members (excludes halogenated alkanes) is 6. The van der Waals surface area contributed by atoms with E-state index in [1.165, 1.54) is 44.9 Å². The predicted molar refractivity (Wildman–Crippen MR) is 63.3 cm³/mol. The first-order valence-electron chi connectivity index (χ1n) is 5.76. The molecule has 82 valence electrons. The van der Waals surface area contributed by atoms with Crippen molar-refractivity contribution in [1.29, 1.82) is 0 Å². The molecule has 0 amide bonds. The van der Waals surface area contributed by atoms with Crippen LogP contribution in [0, 0.1) is 0 Å². The largest absolute Gasteiger partial charge is 0.312 e. The Morgan fingerprint density at radius 2 is 0.846 bits per heavy atom. The van der Waals surface area contributed by atoms with E-state index in [1.807, 2.05) is 26.0 Å². The van der Waals surface area contributed by atoms with Gasteiger partial charge < -0.3 is 4.90 Å². The van der Waals surface area contributed by atoms with Gasteiger partial charge >= 0.3 is 0 Å². The van der Waals surface area contributed by atoms with Crippen LogP contribution in [0.1, 0.15) is 58.8 Å². The molecule has 0 atom stereocenters. The van der Waals surface area contributed by atoms with E-state index in [0.717, 1.165) is 0 Å². The molecule has 0 heterocycles. The highest BCUT2D eigenvalue weighted by atomic mass is 15.0. The molecule has 0 fully saturated rings. The fraction of sp³-hybridized carbons (Fsp3) is 1.00. The van der Waals surface area contributed by atoms with Gasteiger partial charge in [-0.2, -0.15) is 0 Å². The zero-order chi connectivity index (χ0) is 10.5. The molecule has 0 aromatic carbocycles. The lowest BCUT2D eigenvalue weighted by atomic mass is 10.1. The Morgan fingerprint density at radius 1 is 0.615 bits per heavy atom. The number of hydrogen-bond acceptors (Lipinski definition) is 1. The highest BCUT2D eigenvalue weighted by Gasteiger charge is 1.85. The highest BCUT2D eigenvalue weighted by molar-refractivity contribution is 4.41. The van der Waals surface area contributed by atoms with Crippen molar-refractivity contribution in [3.63, 3.8) is 0 Å². The number of nitrogens with zero attached hydrogens (tertiary/aromatic N) is 1. The molecule has 0 radical (unpaired) electrons. The van der Waals surface area contributed by atoms with Gasteiger partial charge in [-0.25, -0.2) is 0 Å². The first kappa shape index (κ1) is 15.4. The summed E-state index contributed by atoms with van der Waals surface area (Å²) in [5.41, 5.74) is 0. The summed E-state index contributed by atoms with van der Waals surface area (Å²) in [7, 11) is 6.00. The molecule has 0 aromatic heterocycles. The fourth-order valence-corrected chi connectivity index (χ4v) is 1.03. The minimum Gasteiger partial charge on any atom is -0.312 e. The van der Waals surface area contributed by atoms with E-state index in [4.69, 9.17) is 0 Å². The average Bonchev–Trinajstić information content (AvgIpc) is 2.03.